The van der Waals surface area contributed by atoms with Gasteiger partial charge in [-0.05, 0) is 35.6 Å². The first-order valence-electron chi connectivity index (χ1n) is 7.46. The topological polar surface area (TPSA) is 59.2 Å². The zero-order chi connectivity index (χ0) is 15.0. The second-order valence-corrected chi connectivity index (χ2v) is 6.20. The number of nitrogen functional groups attached to an aromatic ring is 1. The van der Waals surface area contributed by atoms with Gasteiger partial charge >= 0.3 is 0 Å². The number of carbonyl (C=O) groups is 1. The summed E-state index contributed by atoms with van der Waals surface area (Å²) >= 11 is 0. The largest absolute Gasteiger partial charge is 0.398 e. The van der Waals surface area contributed by atoms with Gasteiger partial charge in [-0.25, -0.2) is 0 Å². The van der Waals surface area contributed by atoms with Gasteiger partial charge in [0.15, 0.2) is 0 Å². The number of anilines is 1. The van der Waals surface area contributed by atoms with Crippen molar-refractivity contribution >= 4 is 22.5 Å². The molecule has 0 bridgehead atoms. The van der Waals surface area contributed by atoms with E-state index in [-0.39, 0.29) is 5.91 Å². The van der Waals surface area contributed by atoms with E-state index in [9.17, 15) is 4.79 Å². The van der Waals surface area contributed by atoms with Gasteiger partial charge in [0.2, 0.25) is 5.91 Å². The molecule has 4 heteroatoms. The van der Waals surface area contributed by atoms with Crippen LogP contribution in [0.1, 0.15) is 25.8 Å². The lowest BCUT2D eigenvalue weighted by atomic mass is 9.95. The van der Waals surface area contributed by atoms with Crippen LogP contribution < -0.4 is 5.73 Å². The third-order valence-electron chi connectivity index (χ3n) is 4.44. The van der Waals surface area contributed by atoms with Crippen LogP contribution in [0.5, 0.6) is 0 Å². The van der Waals surface area contributed by atoms with Crippen LogP contribution in [-0.4, -0.2) is 22.3 Å². The molecule has 2 N–H and O–H groups in total. The molecule has 4 nitrogen and oxygen atoms in total. The number of benzene rings is 1. The highest BCUT2D eigenvalue weighted by molar-refractivity contribution is 5.92. The quantitative estimate of drug-likeness (QED) is 0.881. The number of nitrogens with zero attached hydrogens (tertiary/aromatic N) is 2. The minimum absolute atomic E-state index is 0.245. The van der Waals surface area contributed by atoms with Crippen LogP contribution in [0.4, 0.5) is 5.69 Å². The van der Waals surface area contributed by atoms with Gasteiger partial charge in [-0.3, -0.25) is 9.78 Å². The lowest BCUT2D eigenvalue weighted by molar-refractivity contribution is -0.128. The van der Waals surface area contributed by atoms with Gasteiger partial charge in [0.25, 0.3) is 0 Å². The van der Waals surface area contributed by atoms with Gasteiger partial charge in [-0.15, -0.1) is 0 Å². The first-order valence-corrected chi connectivity index (χ1v) is 7.46. The molecule has 0 radical (unpaired) electrons. The van der Waals surface area contributed by atoms with Crippen molar-refractivity contribution in [1.29, 1.82) is 0 Å². The number of pyridine rings is 1. The maximum Gasteiger partial charge on any atom is 0.223 e. The molecule has 1 amide bonds. The average molecular weight is 283 g/mol. The number of rotatable bonds is 3. The van der Waals surface area contributed by atoms with Gasteiger partial charge in [0.1, 0.15) is 0 Å². The van der Waals surface area contributed by atoms with Crippen molar-refractivity contribution in [3.63, 3.8) is 0 Å². The molecule has 1 fully saturated rings. The van der Waals surface area contributed by atoms with E-state index in [0.29, 0.717) is 24.8 Å². The second kappa shape index (κ2) is 5.35. The van der Waals surface area contributed by atoms with E-state index in [1.54, 1.807) is 6.20 Å². The van der Waals surface area contributed by atoms with Gasteiger partial charge in [0.05, 0.1) is 5.52 Å². The molecular formula is C17H21N3O. The number of fused-ring (bicyclic) bond motifs is 1. The fourth-order valence-corrected chi connectivity index (χ4v) is 2.99. The van der Waals surface area contributed by atoms with Crippen molar-refractivity contribution in [2.24, 2.45) is 11.8 Å². The minimum atomic E-state index is 0.245. The third-order valence-corrected chi connectivity index (χ3v) is 4.44. The highest BCUT2D eigenvalue weighted by Crippen LogP contribution is 2.28. The molecule has 3 rings (SSSR count). The van der Waals surface area contributed by atoms with Crippen LogP contribution in [0, 0.1) is 11.8 Å². The summed E-state index contributed by atoms with van der Waals surface area (Å²) in [4.78, 5) is 18.6. The Hall–Kier alpha value is -2.10. The molecule has 0 spiro atoms. The van der Waals surface area contributed by atoms with Crippen molar-refractivity contribution in [2.75, 3.05) is 12.3 Å². The van der Waals surface area contributed by atoms with E-state index in [1.165, 1.54) is 0 Å². The van der Waals surface area contributed by atoms with E-state index in [4.69, 9.17) is 5.73 Å². The van der Waals surface area contributed by atoms with Gasteiger partial charge < -0.3 is 10.6 Å². The van der Waals surface area contributed by atoms with Crippen molar-refractivity contribution in [1.82, 2.24) is 9.88 Å². The molecule has 2 heterocycles. The lowest BCUT2D eigenvalue weighted by Crippen LogP contribution is -2.25. The Balaban J connectivity index is 1.89. The number of nitrogens with two attached hydrogens (primary N) is 1. The van der Waals surface area contributed by atoms with Crippen molar-refractivity contribution in [2.45, 2.75) is 26.8 Å². The highest BCUT2D eigenvalue weighted by Gasteiger charge is 2.31. The summed E-state index contributed by atoms with van der Waals surface area (Å²) in [6, 6.07) is 7.75. The number of hydrogen-bond donors (Lipinski definition) is 1. The van der Waals surface area contributed by atoms with Crippen LogP contribution in [0.3, 0.4) is 0 Å². The summed E-state index contributed by atoms with van der Waals surface area (Å²) in [5.74, 6) is 1.25. The highest BCUT2D eigenvalue weighted by atomic mass is 16.2. The summed E-state index contributed by atoms with van der Waals surface area (Å²) in [6.45, 7) is 5.83. The summed E-state index contributed by atoms with van der Waals surface area (Å²) in [7, 11) is 0. The smallest absolute Gasteiger partial charge is 0.223 e. The van der Waals surface area contributed by atoms with Gasteiger partial charge in [0, 0.05) is 36.8 Å². The summed E-state index contributed by atoms with van der Waals surface area (Å²) in [5, 5.41) is 0.960. The molecular weight excluding hydrogens is 262 g/mol. The summed E-state index contributed by atoms with van der Waals surface area (Å²) in [5.41, 5.74) is 8.70. The van der Waals surface area contributed by atoms with Gasteiger partial charge in [-0.2, -0.15) is 0 Å². The Morgan fingerprint density at radius 2 is 2.19 bits per heavy atom. The van der Waals surface area contributed by atoms with E-state index < -0.39 is 0 Å². The molecule has 110 valence electrons. The molecule has 0 aliphatic carbocycles. The Morgan fingerprint density at radius 3 is 2.90 bits per heavy atom. The first-order chi connectivity index (χ1) is 10.1. The molecule has 1 unspecified atom stereocenters. The molecule has 1 atom stereocenters. The molecule has 1 aliphatic rings. The van der Waals surface area contributed by atoms with Crippen LogP contribution in [0.2, 0.25) is 0 Å². The molecule has 1 aromatic heterocycles. The molecule has 0 saturated carbocycles. The van der Waals surface area contributed by atoms with E-state index in [0.717, 1.165) is 28.7 Å². The van der Waals surface area contributed by atoms with E-state index in [1.807, 2.05) is 29.2 Å². The number of likely N-dealkylation sites (tertiary alicyclic amines) is 1. The average Bonchev–Trinajstić information content (AvgIpc) is 2.84. The third kappa shape index (κ3) is 2.58. The number of aromatic nitrogens is 1. The predicted octanol–water partition coefficient (Wildman–Crippen LogP) is 2.82. The Labute approximate surface area is 125 Å². The maximum atomic E-state index is 12.2. The van der Waals surface area contributed by atoms with Gasteiger partial charge in [-0.1, -0.05) is 19.9 Å². The number of carbonyl (C=O) groups excluding carboxylic acids is 1. The summed E-state index contributed by atoms with van der Waals surface area (Å²) in [6.07, 6.45) is 2.44. The van der Waals surface area contributed by atoms with Crippen LogP contribution in [0.25, 0.3) is 10.9 Å². The number of amides is 1. The van der Waals surface area contributed by atoms with Crippen LogP contribution in [-0.2, 0) is 11.3 Å². The van der Waals surface area contributed by atoms with Crippen LogP contribution >= 0.6 is 0 Å². The molecule has 1 aromatic carbocycles. The van der Waals surface area contributed by atoms with E-state index >= 15 is 0 Å². The molecule has 21 heavy (non-hydrogen) atoms. The lowest BCUT2D eigenvalue weighted by Gasteiger charge is -2.19. The maximum absolute atomic E-state index is 12.2. The van der Waals surface area contributed by atoms with Crippen molar-refractivity contribution < 1.29 is 4.79 Å². The van der Waals surface area contributed by atoms with Crippen molar-refractivity contribution in [3.05, 3.63) is 36.0 Å². The monoisotopic (exact) mass is 283 g/mol. The second-order valence-electron chi connectivity index (χ2n) is 6.20. The number of hydrogen-bond acceptors (Lipinski definition) is 3. The summed E-state index contributed by atoms with van der Waals surface area (Å²) < 4.78 is 0. The Kier molecular flexibility index (Phi) is 3.53. The fraction of sp³-hybridized carbons (Fsp3) is 0.412. The molecule has 1 saturated heterocycles. The van der Waals surface area contributed by atoms with E-state index in [2.05, 4.69) is 18.8 Å². The SMILES string of the molecule is CC(C)C1CC(=O)N(Cc2ccc(N)c3cccnc23)C1. The zero-order valence-electron chi connectivity index (χ0n) is 12.5. The molecule has 2 aromatic rings. The zero-order valence-corrected chi connectivity index (χ0v) is 12.5. The Morgan fingerprint density at radius 1 is 1.38 bits per heavy atom. The minimum Gasteiger partial charge on any atom is -0.398 e. The standard InChI is InChI=1S/C17H21N3O/c1-11(2)13-8-16(21)20(10-13)9-12-5-6-15(18)14-4-3-7-19-17(12)14/h3-7,11,13H,8-10,18H2,1-2H3. The Bertz CT molecular complexity index is 681. The first kappa shape index (κ1) is 13.9. The van der Waals surface area contributed by atoms with Crippen LogP contribution in [0.15, 0.2) is 30.5 Å². The molecule has 1 aliphatic heterocycles. The van der Waals surface area contributed by atoms with Crippen molar-refractivity contribution in [3.8, 4) is 0 Å². The normalized spacial score (nSPS) is 18.9. The predicted molar refractivity (Wildman–Crippen MR) is 84.5 cm³/mol. The fourth-order valence-electron chi connectivity index (χ4n) is 2.99.